The SMILES string of the molecule is COC(=O)c1c(O)ccc2c1-c1c[nH]c3cccc(c13)[C@@H](c1ccc(C)c(F)c1)O2. The van der Waals surface area contributed by atoms with Crippen LogP contribution in [0.15, 0.2) is 54.7 Å². The van der Waals surface area contributed by atoms with Gasteiger partial charge in [0, 0.05) is 33.8 Å². The van der Waals surface area contributed by atoms with Crippen LogP contribution in [-0.4, -0.2) is 23.2 Å². The lowest BCUT2D eigenvalue weighted by Crippen LogP contribution is -2.10. The number of carbonyl (C=O) groups excluding carboxylic acids is 1. The van der Waals surface area contributed by atoms with E-state index >= 15 is 0 Å². The fraction of sp³-hybridized carbons (Fsp3) is 0.125. The summed E-state index contributed by atoms with van der Waals surface area (Å²) in [5.74, 6) is -0.783. The second-order valence-electron chi connectivity index (χ2n) is 7.30. The van der Waals surface area contributed by atoms with Gasteiger partial charge in [-0.05, 0) is 42.3 Å². The van der Waals surface area contributed by atoms with E-state index in [2.05, 4.69) is 4.98 Å². The van der Waals surface area contributed by atoms with Gasteiger partial charge in [-0.25, -0.2) is 9.18 Å². The lowest BCUT2D eigenvalue weighted by Gasteiger charge is -2.21. The number of hydrogen-bond donors (Lipinski definition) is 2. The van der Waals surface area contributed by atoms with Crippen molar-refractivity contribution < 1.29 is 23.8 Å². The van der Waals surface area contributed by atoms with Crippen molar-refractivity contribution in [2.24, 2.45) is 0 Å². The molecule has 2 heterocycles. The van der Waals surface area contributed by atoms with E-state index in [-0.39, 0.29) is 17.1 Å². The molecule has 1 aliphatic heterocycles. The van der Waals surface area contributed by atoms with E-state index < -0.39 is 12.1 Å². The molecule has 5 rings (SSSR count). The highest BCUT2D eigenvalue weighted by molar-refractivity contribution is 6.08. The average molecular weight is 403 g/mol. The number of benzene rings is 3. The number of fused-ring (bicyclic) bond motifs is 2. The summed E-state index contributed by atoms with van der Waals surface area (Å²) in [6, 6.07) is 13.8. The van der Waals surface area contributed by atoms with Crippen molar-refractivity contribution in [3.63, 3.8) is 0 Å². The molecule has 0 fully saturated rings. The number of phenolic OH excluding ortho intramolecular Hbond substituents is 1. The third-order valence-electron chi connectivity index (χ3n) is 5.57. The highest BCUT2D eigenvalue weighted by atomic mass is 19.1. The van der Waals surface area contributed by atoms with Crippen LogP contribution in [0.25, 0.3) is 22.0 Å². The molecule has 4 aromatic rings. The van der Waals surface area contributed by atoms with Crippen molar-refractivity contribution in [1.29, 1.82) is 0 Å². The van der Waals surface area contributed by atoms with E-state index in [4.69, 9.17) is 9.47 Å². The number of halogens is 1. The summed E-state index contributed by atoms with van der Waals surface area (Å²) in [7, 11) is 1.26. The monoisotopic (exact) mass is 403 g/mol. The fourth-order valence-electron chi connectivity index (χ4n) is 4.09. The predicted octanol–water partition coefficient (Wildman–Crippen LogP) is 5.26. The maximum atomic E-state index is 14.4. The Labute approximate surface area is 171 Å². The van der Waals surface area contributed by atoms with Gasteiger partial charge < -0.3 is 19.6 Å². The van der Waals surface area contributed by atoms with Gasteiger partial charge in [-0.2, -0.15) is 0 Å². The number of aromatic hydroxyl groups is 1. The van der Waals surface area contributed by atoms with Crippen molar-refractivity contribution >= 4 is 16.9 Å². The maximum absolute atomic E-state index is 14.4. The van der Waals surface area contributed by atoms with Crippen molar-refractivity contribution in [1.82, 2.24) is 4.98 Å². The van der Waals surface area contributed by atoms with Gasteiger partial charge in [0.2, 0.25) is 0 Å². The number of carbonyl (C=O) groups is 1. The van der Waals surface area contributed by atoms with Crippen LogP contribution in [0, 0.1) is 12.7 Å². The average Bonchev–Trinajstić information content (AvgIpc) is 3.12. The standard InChI is InChI=1S/C24H18FNO4/c1-12-6-7-13(10-16(12)25)23-14-4-3-5-17-20(14)15(11-26-17)21-19(30-23)9-8-18(27)22(21)24(28)29-2/h3-11,23,26-27H,1-2H3/t23-/m1/s1. The van der Waals surface area contributed by atoms with Crippen molar-refractivity contribution in [2.75, 3.05) is 7.11 Å². The van der Waals surface area contributed by atoms with Gasteiger partial charge in [-0.15, -0.1) is 0 Å². The topological polar surface area (TPSA) is 71.5 Å². The highest BCUT2D eigenvalue weighted by Crippen LogP contribution is 2.48. The first-order valence-corrected chi connectivity index (χ1v) is 9.47. The highest BCUT2D eigenvalue weighted by Gasteiger charge is 2.32. The number of aromatic amines is 1. The Morgan fingerprint density at radius 3 is 2.80 bits per heavy atom. The number of esters is 1. The second kappa shape index (κ2) is 6.62. The van der Waals surface area contributed by atoms with Gasteiger partial charge in [0.1, 0.15) is 29.0 Å². The Hall–Kier alpha value is -3.80. The summed E-state index contributed by atoms with van der Waals surface area (Å²) in [5.41, 5.74) is 4.05. The van der Waals surface area contributed by atoms with Gasteiger partial charge in [0.05, 0.1) is 7.11 Å². The normalized spacial score (nSPS) is 14.7. The number of phenols is 1. The molecule has 0 radical (unpaired) electrons. The van der Waals surface area contributed by atoms with Crippen molar-refractivity contribution in [2.45, 2.75) is 13.0 Å². The molecular formula is C24H18FNO4. The Balaban J connectivity index is 1.86. The molecule has 0 bridgehead atoms. The quantitative estimate of drug-likeness (QED) is 0.448. The molecular weight excluding hydrogens is 385 g/mol. The zero-order valence-electron chi connectivity index (χ0n) is 16.3. The minimum absolute atomic E-state index is 0.0291. The van der Waals surface area contributed by atoms with Gasteiger partial charge in [-0.3, -0.25) is 0 Å². The van der Waals surface area contributed by atoms with E-state index in [9.17, 15) is 14.3 Å². The summed E-state index contributed by atoms with van der Waals surface area (Å²) in [6.45, 7) is 1.71. The minimum Gasteiger partial charge on any atom is -0.507 e. The lowest BCUT2D eigenvalue weighted by molar-refractivity contribution is 0.0598. The number of H-pyrrole nitrogens is 1. The third-order valence-corrected chi connectivity index (χ3v) is 5.57. The first-order valence-electron chi connectivity index (χ1n) is 9.47. The van der Waals surface area contributed by atoms with Gasteiger partial charge in [0.25, 0.3) is 0 Å². The number of nitrogens with one attached hydrogen (secondary N) is 1. The molecule has 5 nitrogen and oxygen atoms in total. The number of rotatable bonds is 2. The summed E-state index contributed by atoms with van der Waals surface area (Å²) < 4.78 is 25.6. The van der Waals surface area contributed by atoms with E-state index in [1.54, 1.807) is 25.3 Å². The zero-order chi connectivity index (χ0) is 21.0. The molecule has 0 spiro atoms. The molecule has 30 heavy (non-hydrogen) atoms. The van der Waals surface area contributed by atoms with Crippen molar-refractivity contribution in [3.05, 3.63) is 82.8 Å². The molecule has 0 amide bonds. The Kier molecular flexibility index (Phi) is 4.03. The molecule has 1 aromatic heterocycles. The maximum Gasteiger partial charge on any atom is 0.342 e. The number of hydrogen-bond acceptors (Lipinski definition) is 4. The minimum atomic E-state index is -0.667. The molecule has 2 N–H and O–H groups in total. The van der Waals surface area contributed by atoms with Crippen LogP contribution in [0.2, 0.25) is 0 Å². The van der Waals surface area contributed by atoms with Crippen LogP contribution >= 0.6 is 0 Å². The smallest absolute Gasteiger partial charge is 0.342 e. The molecule has 6 heteroatoms. The molecule has 150 valence electrons. The summed E-state index contributed by atoms with van der Waals surface area (Å²) >= 11 is 0. The molecule has 1 aliphatic rings. The first kappa shape index (κ1) is 18.2. The van der Waals surface area contributed by atoms with E-state index in [0.717, 1.165) is 16.5 Å². The zero-order valence-corrected chi connectivity index (χ0v) is 16.3. The largest absolute Gasteiger partial charge is 0.507 e. The number of ether oxygens (including phenoxy) is 2. The fourth-order valence-corrected chi connectivity index (χ4v) is 4.09. The summed E-state index contributed by atoms with van der Waals surface area (Å²) in [5, 5.41) is 11.3. The van der Waals surface area contributed by atoms with Crippen LogP contribution < -0.4 is 4.74 Å². The molecule has 0 aliphatic carbocycles. The molecule has 0 saturated heterocycles. The number of aryl methyl sites for hydroxylation is 1. The third kappa shape index (κ3) is 2.57. The Morgan fingerprint density at radius 1 is 1.20 bits per heavy atom. The van der Waals surface area contributed by atoms with E-state index in [1.807, 2.05) is 24.3 Å². The van der Waals surface area contributed by atoms with Crippen LogP contribution in [0.4, 0.5) is 4.39 Å². The number of methoxy groups -OCH3 is 1. The Bertz CT molecular complexity index is 1320. The van der Waals surface area contributed by atoms with Gasteiger partial charge in [0.15, 0.2) is 0 Å². The first-order chi connectivity index (χ1) is 14.5. The molecule has 0 saturated carbocycles. The second-order valence-corrected chi connectivity index (χ2v) is 7.30. The number of aromatic nitrogens is 1. The van der Waals surface area contributed by atoms with E-state index in [0.29, 0.717) is 28.0 Å². The summed E-state index contributed by atoms with van der Waals surface area (Å²) in [4.78, 5) is 15.7. The van der Waals surface area contributed by atoms with Crippen LogP contribution in [0.3, 0.4) is 0 Å². The Morgan fingerprint density at radius 2 is 2.03 bits per heavy atom. The van der Waals surface area contributed by atoms with Crippen LogP contribution in [-0.2, 0) is 4.74 Å². The van der Waals surface area contributed by atoms with Crippen LogP contribution in [0.5, 0.6) is 11.5 Å². The molecule has 3 aromatic carbocycles. The predicted molar refractivity (Wildman–Crippen MR) is 110 cm³/mol. The molecule has 0 unspecified atom stereocenters. The molecule has 1 atom stereocenters. The van der Waals surface area contributed by atoms with Crippen molar-refractivity contribution in [3.8, 4) is 22.6 Å². The van der Waals surface area contributed by atoms with E-state index in [1.165, 1.54) is 19.2 Å². The van der Waals surface area contributed by atoms with Gasteiger partial charge >= 0.3 is 5.97 Å². The van der Waals surface area contributed by atoms with Crippen LogP contribution in [0.1, 0.15) is 33.2 Å². The summed E-state index contributed by atoms with van der Waals surface area (Å²) in [6.07, 6.45) is 1.18. The lowest BCUT2D eigenvalue weighted by atomic mass is 9.93. The van der Waals surface area contributed by atoms with Gasteiger partial charge in [-0.1, -0.05) is 24.3 Å².